The maximum Gasteiger partial charge on any atom is 0.292 e. The predicted molar refractivity (Wildman–Crippen MR) is 74.9 cm³/mol. The molecule has 0 aliphatic heterocycles. The van der Waals surface area contributed by atoms with E-state index in [9.17, 15) is 10.1 Å². The Hall–Kier alpha value is -1.40. The second kappa shape index (κ2) is 7.84. The third-order valence-electron chi connectivity index (χ3n) is 2.18. The van der Waals surface area contributed by atoms with Gasteiger partial charge in [0.1, 0.15) is 5.69 Å². The highest BCUT2D eigenvalue weighted by molar-refractivity contribution is 9.10. The molecule has 18 heavy (non-hydrogen) atoms. The molecular formula is C12H15BrN2O3. The largest absolute Gasteiger partial charge is 0.379 e. The van der Waals surface area contributed by atoms with Gasteiger partial charge in [0.15, 0.2) is 0 Å². The summed E-state index contributed by atoms with van der Waals surface area (Å²) in [6, 6.07) is 4.79. The van der Waals surface area contributed by atoms with Crippen molar-refractivity contribution < 1.29 is 9.66 Å². The van der Waals surface area contributed by atoms with Gasteiger partial charge >= 0.3 is 0 Å². The summed E-state index contributed by atoms with van der Waals surface area (Å²) in [6.45, 7) is 5.23. The quantitative estimate of drug-likeness (QED) is 0.346. The first kappa shape index (κ1) is 14.7. The van der Waals surface area contributed by atoms with E-state index in [1.165, 1.54) is 6.07 Å². The number of benzene rings is 1. The van der Waals surface area contributed by atoms with Gasteiger partial charge in [-0.15, -0.1) is 6.58 Å². The Balaban J connectivity index is 2.47. The molecule has 0 bridgehead atoms. The van der Waals surface area contributed by atoms with Crippen LogP contribution in [0.15, 0.2) is 35.3 Å². The minimum absolute atomic E-state index is 0.0595. The number of nitrogens with zero attached hydrogens (tertiary/aromatic N) is 1. The summed E-state index contributed by atoms with van der Waals surface area (Å²) in [6.07, 6.45) is 2.59. The van der Waals surface area contributed by atoms with Gasteiger partial charge in [0.25, 0.3) is 5.69 Å². The van der Waals surface area contributed by atoms with Crippen molar-refractivity contribution in [2.45, 2.75) is 6.42 Å². The van der Waals surface area contributed by atoms with Crippen molar-refractivity contribution in [2.24, 2.45) is 0 Å². The first-order valence-corrected chi connectivity index (χ1v) is 6.31. The molecule has 0 saturated carbocycles. The average molecular weight is 315 g/mol. The summed E-state index contributed by atoms with van der Waals surface area (Å²) in [5.41, 5.74) is 0.547. The van der Waals surface area contributed by atoms with Crippen LogP contribution in [0.4, 0.5) is 11.4 Å². The van der Waals surface area contributed by atoms with Crippen molar-refractivity contribution in [3.63, 3.8) is 0 Å². The van der Waals surface area contributed by atoms with Gasteiger partial charge in [-0.2, -0.15) is 0 Å². The number of halogens is 1. The highest BCUT2D eigenvalue weighted by atomic mass is 79.9. The molecule has 0 aliphatic carbocycles. The molecule has 0 aromatic heterocycles. The number of nitro groups is 1. The SMILES string of the molecule is C=CCCOCCNc1cc(Br)ccc1[N+](=O)[O-]. The molecular weight excluding hydrogens is 300 g/mol. The molecule has 0 unspecified atom stereocenters. The Bertz CT molecular complexity index is 424. The second-order valence-electron chi connectivity index (χ2n) is 3.54. The fraction of sp³-hybridized carbons (Fsp3) is 0.333. The maximum atomic E-state index is 10.8. The number of hydrogen-bond donors (Lipinski definition) is 1. The lowest BCUT2D eigenvalue weighted by Gasteiger charge is -2.07. The van der Waals surface area contributed by atoms with Crippen molar-refractivity contribution in [1.29, 1.82) is 0 Å². The van der Waals surface area contributed by atoms with Gasteiger partial charge in [0, 0.05) is 17.1 Å². The molecule has 1 aromatic rings. The standard InChI is InChI=1S/C12H15BrN2O3/c1-2-3-7-18-8-6-14-11-9-10(13)4-5-12(11)15(16)17/h2,4-5,9,14H,1,3,6-8H2. The molecule has 5 nitrogen and oxygen atoms in total. The zero-order valence-electron chi connectivity index (χ0n) is 9.89. The van der Waals surface area contributed by atoms with Gasteiger partial charge < -0.3 is 10.1 Å². The van der Waals surface area contributed by atoms with E-state index >= 15 is 0 Å². The maximum absolute atomic E-state index is 10.8. The van der Waals surface area contributed by atoms with Crippen molar-refractivity contribution >= 4 is 27.3 Å². The van der Waals surface area contributed by atoms with Crippen LogP contribution in [0.2, 0.25) is 0 Å². The van der Waals surface area contributed by atoms with Crippen LogP contribution in [0.3, 0.4) is 0 Å². The lowest BCUT2D eigenvalue weighted by molar-refractivity contribution is -0.384. The average Bonchev–Trinajstić information content (AvgIpc) is 2.33. The van der Waals surface area contributed by atoms with Crippen LogP contribution in [0.1, 0.15) is 6.42 Å². The third-order valence-corrected chi connectivity index (χ3v) is 2.68. The van der Waals surface area contributed by atoms with E-state index in [0.717, 1.165) is 10.9 Å². The summed E-state index contributed by atoms with van der Waals surface area (Å²) in [4.78, 5) is 10.4. The summed E-state index contributed by atoms with van der Waals surface area (Å²) in [5.74, 6) is 0. The van der Waals surface area contributed by atoms with E-state index in [1.54, 1.807) is 18.2 Å². The Morgan fingerprint density at radius 1 is 1.50 bits per heavy atom. The molecule has 0 spiro atoms. The summed E-state index contributed by atoms with van der Waals surface area (Å²) in [5, 5.41) is 13.8. The van der Waals surface area contributed by atoms with E-state index in [2.05, 4.69) is 27.8 Å². The first-order valence-electron chi connectivity index (χ1n) is 5.51. The van der Waals surface area contributed by atoms with Crippen LogP contribution in [-0.4, -0.2) is 24.7 Å². The van der Waals surface area contributed by atoms with E-state index in [4.69, 9.17) is 4.74 Å². The van der Waals surface area contributed by atoms with Crippen molar-refractivity contribution in [2.75, 3.05) is 25.1 Å². The molecule has 1 N–H and O–H groups in total. The van der Waals surface area contributed by atoms with E-state index < -0.39 is 4.92 Å². The predicted octanol–water partition coefficient (Wildman–Crippen LogP) is 3.36. The Morgan fingerprint density at radius 2 is 2.28 bits per heavy atom. The van der Waals surface area contributed by atoms with Gasteiger partial charge in [-0.3, -0.25) is 10.1 Å². The molecule has 98 valence electrons. The van der Waals surface area contributed by atoms with Gasteiger partial charge in [-0.1, -0.05) is 22.0 Å². The van der Waals surface area contributed by atoms with Gasteiger partial charge in [-0.05, 0) is 18.6 Å². The topological polar surface area (TPSA) is 64.4 Å². The minimum Gasteiger partial charge on any atom is -0.379 e. The molecule has 0 radical (unpaired) electrons. The number of nitro benzene ring substituents is 1. The van der Waals surface area contributed by atoms with E-state index in [1.807, 2.05) is 0 Å². The van der Waals surface area contributed by atoms with Crippen LogP contribution in [0.25, 0.3) is 0 Å². The third kappa shape index (κ3) is 4.85. The van der Waals surface area contributed by atoms with Crippen molar-refractivity contribution in [1.82, 2.24) is 0 Å². The van der Waals surface area contributed by atoms with Gasteiger partial charge in [0.05, 0.1) is 18.1 Å². The van der Waals surface area contributed by atoms with E-state index in [-0.39, 0.29) is 5.69 Å². The second-order valence-corrected chi connectivity index (χ2v) is 4.45. The molecule has 0 amide bonds. The van der Waals surface area contributed by atoms with Gasteiger partial charge in [-0.25, -0.2) is 0 Å². The zero-order chi connectivity index (χ0) is 13.4. The number of ether oxygens (including phenoxy) is 1. The molecule has 0 fully saturated rings. The summed E-state index contributed by atoms with van der Waals surface area (Å²) in [7, 11) is 0. The fourth-order valence-corrected chi connectivity index (χ4v) is 1.70. The Labute approximate surface area is 114 Å². The smallest absolute Gasteiger partial charge is 0.292 e. The molecule has 1 aromatic carbocycles. The molecule has 0 atom stereocenters. The van der Waals surface area contributed by atoms with Gasteiger partial charge in [0.2, 0.25) is 0 Å². The Kier molecular flexibility index (Phi) is 6.38. The highest BCUT2D eigenvalue weighted by Crippen LogP contribution is 2.27. The zero-order valence-corrected chi connectivity index (χ0v) is 11.5. The number of nitrogens with one attached hydrogen (secondary N) is 1. The van der Waals surface area contributed by atoms with Crippen LogP contribution in [-0.2, 0) is 4.74 Å². The minimum atomic E-state index is -0.409. The first-order chi connectivity index (χ1) is 8.65. The summed E-state index contributed by atoms with van der Waals surface area (Å²) >= 11 is 3.28. The lowest BCUT2D eigenvalue weighted by Crippen LogP contribution is -2.11. The van der Waals surface area contributed by atoms with Crippen LogP contribution >= 0.6 is 15.9 Å². The van der Waals surface area contributed by atoms with Crippen LogP contribution in [0, 0.1) is 10.1 Å². The van der Waals surface area contributed by atoms with Crippen LogP contribution in [0.5, 0.6) is 0 Å². The fourth-order valence-electron chi connectivity index (χ4n) is 1.34. The highest BCUT2D eigenvalue weighted by Gasteiger charge is 2.12. The molecule has 0 heterocycles. The van der Waals surface area contributed by atoms with E-state index in [0.29, 0.717) is 25.4 Å². The van der Waals surface area contributed by atoms with Crippen LogP contribution < -0.4 is 5.32 Å². The monoisotopic (exact) mass is 314 g/mol. The number of anilines is 1. The van der Waals surface area contributed by atoms with Crippen molar-refractivity contribution in [3.8, 4) is 0 Å². The lowest BCUT2D eigenvalue weighted by atomic mass is 10.2. The number of rotatable bonds is 8. The molecule has 0 aliphatic rings. The normalized spacial score (nSPS) is 10.1. The molecule has 0 saturated heterocycles. The summed E-state index contributed by atoms with van der Waals surface area (Å²) < 4.78 is 6.11. The number of hydrogen-bond acceptors (Lipinski definition) is 4. The van der Waals surface area contributed by atoms with Crippen molar-refractivity contribution in [3.05, 3.63) is 45.4 Å². The molecule has 6 heteroatoms. The Morgan fingerprint density at radius 3 is 2.94 bits per heavy atom. The molecule has 1 rings (SSSR count).